The molecule has 108 valence electrons. The van der Waals surface area contributed by atoms with Crippen LogP contribution in [0.4, 0.5) is 4.79 Å². The van der Waals surface area contributed by atoms with Crippen LogP contribution in [-0.2, 0) is 11.3 Å². The van der Waals surface area contributed by atoms with Gasteiger partial charge in [0.2, 0.25) is 0 Å². The fourth-order valence-electron chi connectivity index (χ4n) is 2.92. The van der Waals surface area contributed by atoms with Gasteiger partial charge in [0.05, 0.1) is 16.8 Å². The first-order valence-corrected chi connectivity index (χ1v) is 7.69. The van der Waals surface area contributed by atoms with E-state index >= 15 is 0 Å². The number of fused-ring (bicyclic) bond motifs is 1. The molecular weight excluding hydrogens is 288 g/mol. The van der Waals surface area contributed by atoms with Gasteiger partial charge in [-0.05, 0) is 25.1 Å². The predicted octanol–water partition coefficient (Wildman–Crippen LogP) is 1.08. The summed E-state index contributed by atoms with van der Waals surface area (Å²) in [5, 5.41) is 6.75. The van der Waals surface area contributed by atoms with Crippen LogP contribution in [-0.4, -0.2) is 40.5 Å². The van der Waals surface area contributed by atoms with Crippen LogP contribution in [0, 0.1) is 0 Å². The lowest BCUT2D eigenvalue weighted by Gasteiger charge is -2.18. The summed E-state index contributed by atoms with van der Waals surface area (Å²) in [5.74, 6) is -0.142. The van der Waals surface area contributed by atoms with Gasteiger partial charge in [0.25, 0.3) is 5.91 Å². The lowest BCUT2D eigenvalue weighted by Crippen LogP contribution is -2.48. The maximum atomic E-state index is 12.5. The number of urea groups is 1. The summed E-state index contributed by atoms with van der Waals surface area (Å²) in [6.07, 6.45) is 0.647. The SMILES string of the molecule is O=C1NC2(CCNC2)C(=O)N1Cc1nc2ccccc2s1. The van der Waals surface area contributed by atoms with E-state index in [4.69, 9.17) is 0 Å². The van der Waals surface area contributed by atoms with Crippen molar-refractivity contribution in [1.29, 1.82) is 0 Å². The number of aromatic nitrogens is 1. The summed E-state index contributed by atoms with van der Waals surface area (Å²) in [5.41, 5.74) is 0.162. The summed E-state index contributed by atoms with van der Waals surface area (Å²) in [7, 11) is 0. The Morgan fingerprint density at radius 1 is 1.33 bits per heavy atom. The quantitative estimate of drug-likeness (QED) is 0.814. The Kier molecular flexibility index (Phi) is 2.73. The highest BCUT2D eigenvalue weighted by molar-refractivity contribution is 7.18. The molecule has 1 spiro atoms. The van der Waals surface area contributed by atoms with Crippen molar-refractivity contribution in [3.8, 4) is 0 Å². The third-order valence-corrected chi connectivity index (χ3v) is 5.05. The molecule has 2 aliphatic heterocycles. The zero-order chi connectivity index (χ0) is 14.4. The van der Waals surface area contributed by atoms with Gasteiger partial charge in [-0.25, -0.2) is 9.78 Å². The molecule has 2 N–H and O–H groups in total. The fourth-order valence-corrected chi connectivity index (χ4v) is 3.88. The first-order chi connectivity index (χ1) is 10.2. The monoisotopic (exact) mass is 302 g/mol. The van der Waals surface area contributed by atoms with Gasteiger partial charge in [0.1, 0.15) is 10.5 Å². The summed E-state index contributed by atoms with van der Waals surface area (Å²) in [6.45, 7) is 1.50. The number of amides is 3. The third-order valence-electron chi connectivity index (χ3n) is 4.03. The van der Waals surface area contributed by atoms with Gasteiger partial charge in [-0.2, -0.15) is 0 Å². The Bertz CT molecular complexity index is 702. The minimum absolute atomic E-state index is 0.142. The molecule has 1 atom stereocenters. The predicted molar refractivity (Wildman–Crippen MR) is 78.9 cm³/mol. The molecule has 21 heavy (non-hydrogen) atoms. The van der Waals surface area contributed by atoms with E-state index in [1.807, 2.05) is 24.3 Å². The summed E-state index contributed by atoms with van der Waals surface area (Å²) >= 11 is 1.52. The highest BCUT2D eigenvalue weighted by Gasteiger charge is 2.52. The number of rotatable bonds is 2. The second kappa shape index (κ2) is 4.51. The maximum absolute atomic E-state index is 12.5. The highest BCUT2D eigenvalue weighted by atomic mass is 32.1. The number of benzene rings is 1. The molecule has 6 nitrogen and oxygen atoms in total. The van der Waals surface area contributed by atoms with Gasteiger partial charge in [0.15, 0.2) is 0 Å². The number of carbonyl (C=O) groups excluding carboxylic acids is 2. The maximum Gasteiger partial charge on any atom is 0.325 e. The molecule has 1 aromatic heterocycles. The van der Waals surface area contributed by atoms with Crippen molar-refractivity contribution in [3.63, 3.8) is 0 Å². The third kappa shape index (κ3) is 1.92. The Morgan fingerprint density at radius 3 is 2.95 bits per heavy atom. The van der Waals surface area contributed by atoms with Gasteiger partial charge in [-0.1, -0.05) is 12.1 Å². The molecule has 2 aliphatic rings. The molecule has 1 aromatic carbocycles. The zero-order valence-electron chi connectivity index (χ0n) is 11.3. The van der Waals surface area contributed by atoms with Gasteiger partial charge in [0, 0.05) is 6.54 Å². The van der Waals surface area contributed by atoms with Gasteiger partial charge in [-0.15, -0.1) is 11.3 Å². The van der Waals surface area contributed by atoms with Gasteiger partial charge in [-0.3, -0.25) is 9.69 Å². The number of nitrogens with one attached hydrogen (secondary N) is 2. The molecule has 0 radical (unpaired) electrons. The first kappa shape index (κ1) is 12.7. The Labute approximate surface area is 125 Å². The molecule has 3 amide bonds. The minimum atomic E-state index is -0.742. The summed E-state index contributed by atoms with van der Waals surface area (Å²) in [6, 6.07) is 7.49. The van der Waals surface area contributed by atoms with Crippen LogP contribution in [0.1, 0.15) is 11.4 Å². The van der Waals surface area contributed by atoms with E-state index in [2.05, 4.69) is 15.6 Å². The Hall–Kier alpha value is -1.99. The van der Waals surface area contributed by atoms with E-state index in [0.29, 0.717) is 13.0 Å². The van der Waals surface area contributed by atoms with Crippen LogP contribution in [0.3, 0.4) is 0 Å². The lowest BCUT2D eigenvalue weighted by molar-refractivity contribution is -0.131. The van der Waals surface area contributed by atoms with Crippen molar-refractivity contribution in [2.45, 2.75) is 18.5 Å². The standard InChI is InChI=1S/C14H14N4O2S/c19-12-14(5-6-15-8-14)17-13(20)18(12)7-11-16-9-3-1-2-4-10(9)21-11/h1-4,15H,5-8H2,(H,17,20). The molecule has 0 aliphatic carbocycles. The number of nitrogens with zero attached hydrogens (tertiary/aromatic N) is 2. The molecule has 3 heterocycles. The van der Waals surface area contributed by atoms with Crippen LogP contribution in [0.5, 0.6) is 0 Å². The fraction of sp³-hybridized carbons (Fsp3) is 0.357. The lowest BCUT2D eigenvalue weighted by atomic mass is 9.99. The number of hydrogen-bond donors (Lipinski definition) is 2. The van der Waals surface area contributed by atoms with Crippen molar-refractivity contribution < 1.29 is 9.59 Å². The van der Waals surface area contributed by atoms with Crippen molar-refractivity contribution in [1.82, 2.24) is 20.5 Å². The average Bonchev–Trinajstić information content (AvgIpc) is 3.14. The van der Waals surface area contributed by atoms with Gasteiger partial charge < -0.3 is 10.6 Å². The van der Waals surface area contributed by atoms with Gasteiger partial charge >= 0.3 is 6.03 Å². The van der Waals surface area contributed by atoms with E-state index < -0.39 is 5.54 Å². The van der Waals surface area contributed by atoms with E-state index in [-0.39, 0.29) is 18.5 Å². The smallest absolute Gasteiger partial charge is 0.322 e. The van der Waals surface area contributed by atoms with Crippen LogP contribution in [0.25, 0.3) is 10.2 Å². The van der Waals surface area contributed by atoms with Crippen LogP contribution < -0.4 is 10.6 Å². The van der Waals surface area contributed by atoms with Crippen molar-refractivity contribution in [2.24, 2.45) is 0 Å². The zero-order valence-corrected chi connectivity index (χ0v) is 12.1. The highest BCUT2D eigenvalue weighted by Crippen LogP contribution is 2.28. The largest absolute Gasteiger partial charge is 0.325 e. The molecule has 2 fully saturated rings. The molecule has 0 saturated carbocycles. The van der Waals surface area contributed by atoms with Crippen LogP contribution in [0.2, 0.25) is 0 Å². The molecule has 7 heteroatoms. The molecular formula is C14H14N4O2S. The number of imide groups is 1. The Morgan fingerprint density at radius 2 is 2.19 bits per heavy atom. The molecule has 2 aromatic rings. The number of para-hydroxylation sites is 1. The number of carbonyl (C=O) groups is 2. The number of hydrogen-bond acceptors (Lipinski definition) is 5. The van der Waals surface area contributed by atoms with Crippen molar-refractivity contribution >= 4 is 33.5 Å². The average molecular weight is 302 g/mol. The minimum Gasteiger partial charge on any atom is -0.322 e. The second-order valence-electron chi connectivity index (χ2n) is 5.41. The number of thiazole rings is 1. The van der Waals surface area contributed by atoms with E-state index in [9.17, 15) is 9.59 Å². The van der Waals surface area contributed by atoms with E-state index in [1.54, 1.807) is 0 Å². The summed E-state index contributed by atoms with van der Waals surface area (Å²) < 4.78 is 1.07. The van der Waals surface area contributed by atoms with Crippen LogP contribution >= 0.6 is 11.3 Å². The van der Waals surface area contributed by atoms with Crippen LogP contribution in [0.15, 0.2) is 24.3 Å². The summed E-state index contributed by atoms with van der Waals surface area (Å²) in [4.78, 5) is 30.4. The van der Waals surface area contributed by atoms with E-state index in [0.717, 1.165) is 21.8 Å². The van der Waals surface area contributed by atoms with E-state index in [1.165, 1.54) is 16.2 Å². The molecule has 1 unspecified atom stereocenters. The van der Waals surface area contributed by atoms with Crippen molar-refractivity contribution in [3.05, 3.63) is 29.3 Å². The van der Waals surface area contributed by atoms with Crippen molar-refractivity contribution in [2.75, 3.05) is 13.1 Å². The molecule has 0 bridgehead atoms. The Balaban J connectivity index is 1.61. The second-order valence-corrected chi connectivity index (χ2v) is 6.52. The normalized spacial score (nSPS) is 25.2. The topological polar surface area (TPSA) is 74.3 Å². The molecule has 4 rings (SSSR count). The first-order valence-electron chi connectivity index (χ1n) is 6.87. The molecule has 2 saturated heterocycles.